The third-order valence-electron chi connectivity index (χ3n) is 2.01. The number of phenols is 1. The molecule has 0 unspecified atom stereocenters. The van der Waals surface area contributed by atoms with E-state index in [1.165, 1.54) is 0 Å². The molecule has 12 heavy (non-hydrogen) atoms. The molecule has 1 atom stereocenters. The van der Waals surface area contributed by atoms with Crippen LogP contribution < -0.4 is 5.32 Å². The Balaban J connectivity index is 2.69. The molecule has 1 aromatic carbocycles. The van der Waals surface area contributed by atoms with Gasteiger partial charge in [0.15, 0.2) is 0 Å². The molecule has 0 aliphatic carbocycles. The van der Waals surface area contributed by atoms with Crippen molar-refractivity contribution in [1.82, 2.24) is 5.32 Å². The lowest BCUT2D eigenvalue weighted by atomic mass is 10.1. The first-order valence-electron chi connectivity index (χ1n) is 4.18. The number of para-hydroxylation sites is 1. The van der Waals surface area contributed by atoms with Crippen LogP contribution in [0.3, 0.4) is 0 Å². The number of rotatable bonds is 3. The summed E-state index contributed by atoms with van der Waals surface area (Å²) < 4.78 is 0. The van der Waals surface area contributed by atoms with Gasteiger partial charge in [0.25, 0.3) is 0 Å². The van der Waals surface area contributed by atoms with Crippen LogP contribution in [0, 0.1) is 0 Å². The highest BCUT2D eigenvalue weighted by atomic mass is 16.3. The van der Waals surface area contributed by atoms with Gasteiger partial charge in [-0.2, -0.15) is 0 Å². The summed E-state index contributed by atoms with van der Waals surface area (Å²) in [6.45, 7) is 2.09. The first-order valence-corrected chi connectivity index (χ1v) is 4.18. The molecule has 0 amide bonds. The predicted molar refractivity (Wildman–Crippen MR) is 50.3 cm³/mol. The van der Waals surface area contributed by atoms with Crippen molar-refractivity contribution >= 4 is 0 Å². The van der Waals surface area contributed by atoms with Gasteiger partial charge in [0.05, 0.1) is 0 Å². The first-order chi connectivity index (χ1) is 5.74. The summed E-state index contributed by atoms with van der Waals surface area (Å²) in [6.07, 6.45) is 0.864. The molecular weight excluding hydrogens is 150 g/mol. The molecule has 0 bridgehead atoms. The normalized spacial score (nSPS) is 12.8. The van der Waals surface area contributed by atoms with Gasteiger partial charge in [0.1, 0.15) is 5.75 Å². The molecule has 2 heteroatoms. The van der Waals surface area contributed by atoms with Crippen molar-refractivity contribution in [2.75, 3.05) is 7.05 Å². The van der Waals surface area contributed by atoms with Gasteiger partial charge in [-0.25, -0.2) is 0 Å². The molecule has 0 fully saturated rings. The first kappa shape index (κ1) is 9.07. The Morgan fingerprint density at radius 3 is 2.67 bits per heavy atom. The highest BCUT2D eigenvalue weighted by Crippen LogP contribution is 2.16. The summed E-state index contributed by atoms with van der Waals surface area (Å²) in [6, 6.07) is 7.85. The van der Waals surface area contributed by atoms with Crippen molar-refractivity contribution < 1.29 is 5.11 Å². The van der Waals surface area contributed by atoms with Crippen LogP contribution >= 0.6 is 0 Å². The SMILES string of the molecule is CN[C@H](C)Cc1ccccc1O. The second-order valence-electron chi connectivity index (χ2n) is 3.02. The van der Waals surface area contributed by atoms with E-state index in [0.29, 0.717) is 11.8 Å². The Bertz CT molecular complexity index is 247. The largest absolute Gasteiger partial charge is 0.508 e. The number of aromatic hydroxyl groups is 1. The Morgan fingerprint density at radius 2 is 2.08 bits per heavy atom. The molecule has 0 saturated carbocycles. The summed E-state index contributed by atoms with van der Waals surface area (Å²) in [7, 11) is 1.92. The maximum absolute atomic E-state index is 9.43. The standard InChI is InChI=1S/C10H15NO/c1-8(11-2)7-9-5-3-4-6-10(9)12/h3-6,8,11-12H,7H2,1-2H3/t8-/m1/s1. The third-order valence-corrected chi connectivity index (χ3v) is 2.01. The molecule has 0 spiro atoms. The monoisotopic (exact) mass is 165 g/mol. The van der Waals surface area contributed by atoms with Crippen LogP contribution in [-0.4, -0.2) is 18.2 Å². The average Bonchev–Trinajstić information content (AvgIpc) is 2.09. The highest BCUT2D eigenvalue weighted by molar-refractivity contribution is 5.32. The Morgan fingerprint density at radius 1 is 1.42 bits per heavy atom. The number of phenolic OH excluding ortho intramolecular Hbond substituents is 1. The van der Waals surface area contributed by atoms with E-state index in [1.54, 1.807) is 6.07 Å². The lowest BCUT2D eigenvalue weighted by Crippen LogP contribution is -2.23. The van der Waals surface area contributed by atoms with Crippen molar-refractivity contribution in [3.05, 3.63) is 29.8 Å². The molecular formula is C10H15NO. The van der Waals surface area contributed by atoms with Crippen LogP contribution in [0.25, 0.3) is 0 Å². The summed E-state index contributed by atoms with van der Waals surface area (Å²) in [5.74, 6) is 0.389. The Labute approximate surface area is 73.2 Å². The highest BCUT2D eigenvalue weighted by Gasteiger charge is 2.03. The lowest BCUT2D eigenvalue weighted by Gasteiger charge is -2.10. The number of benzene rings is 1. The molecule has 1 aromatic rings. The fourth-order valence-electron chi connectivity index (χ4n) is 1.12. The van der Waals surface area contributed by atoms with E-state index in [4.69, 9.17) is 0 Å². The molecule has 0 aliphatic rings. The van der Waals surface area contributed by atoms with E-state index in [-0.39, 0.29) is 0 Å². The van der Waals surface area contributed by atoms with Crippen LogP contribution in [0.15, 0.2) is 24.3 Å². The zero-order chi connectivity index (χ0) is 8.97. The molecule has 0 aliphatic heterocycles. The van der Waals surface area contributed by atoms with Gasteiger partial charge in [-0.1, -0.05) is 18.2 Å². The molecule has 0 heterocycles. The predicted octanol–water partition coefficient (Wildman–Crippen LogP) is 1.54. The average molecular weight is 165 g/mol. The fraction of sp³-hybridized carbons (Fsp3) is 0.400. The Hall–Kier alpha value is -1.02. The smallest absolute Gasteiger partial charge is 0.118 e. The molecule has 66 valence electrons. The van der Waals surface area contributed by atoms with Crippen molar-refractivity contribution in [3.63, 3.8) is 0 Å². The van der Waals surface area contributed by atoms with Crippen molar-refractivity contribution in [2.24, 2.45) is 0 Å². The molecule has 2 nitrogen and oxygen atoms in total. The van der Waals surface area contributed by atoms with Gasteiger partial charge in [-0.15, -0.1) is 0 Å². The van der Waals surface area contributed by atoms with E-state index in [2.05, 4.69) is 12.2 Å². The zero-order valence-corrected chi connectivity index (χ0v) is 7.54. The number of hydrogen-bond donors (Lipinski definition) is 2. The van der Waals surface area contributed by atoms with E-state index >= 15 is 0 Å². The van der Waals surface area contributed by atoms with Gasteiger partial charge in [-0.05, 0) is 32.0 Å². The molecule has 2 N–H and O–H groups in total. The minimum Gasteiger partial charge on any atom is -0.508 e. The summed E-state index contributed by atoms with van der Waals surface area (Å²) >= 11 is 0. The second kappa shape index (κ2) is 4.12. The van der Waals surface area contributed by atoms with Gasteiger partial charge in [-0.3, -0.25) is 0 Å². The second-order valence-corrected chi connectivity index (χ2v) is 3.02. The van der Waals surface area contributed by atoms with Crippen LogP contribution in [0.5, 0.6) is 5.75 Å². The van der Waals surface area contributed by atoms with E-state index in [0.717, 1.165) is 12.0 Å². The van der Waals surface area contributed by atoms with Gasteiger partial charge in [0.2, 0.25) is 0 Å². The van der Waals surface area contributed by atoms with Crippen molar-refractivity contribution in [3.8, 4) is 5.75 Å². The maximum atomic E-state index is 9.43. The van der Waals surface area contributed by atoms with E-state index in [9.17, 15) is 5.11 Å². The number of hydrogen-bond acceptors (Lipinski definition) is 2. The van der Waals surface area contributed by atoms with Crippen molar-refractivity contribution in [1.29, 1.82) is 0 Å². The Kier molecular flexibility index (Phi) is 3.11. The molecule has 0 aromatic heterocycles. The van der Waals surface area contributed by atoms with Gasteiger partial charge >= 0.3 is 0 Å². The minimum atomic E-state index is 0.389. The topological polar surface area (TPSA) is 32.3 Å². The number of likely N-dealkylation sites (N-methyl/N-ethyl adjacent to an activating group) is 1. The summed E-state index contributed by atoms with van der Waals surface area (Å²) in [5, 5.41) is 12.6. The molecule has 0 saturated heterocycles. The van der Waals surface area contributed by atoms with E-state index < -0.39 is 0 Å². The van der Waals surface area contributed by atoms with E-state index in [1.807, 2.05) is 25.2 Å². The fourth-order valence-corrected chi connectivity index (χ4v) is 1.12. The number of nitrogens with one attached hydrogen (secondary N) is 1. The lowest BCUT2D eigenvalue weighted by molar-refractivity contribution is 0.462. The zero-order valence-electron chi connectivity index (χ0n) is 7.54. The summed E-state index contributed by atoms with van der Waals surface area (Å²) in [4.78, 5) is 0. The van der Waals surface area contributed by atoms with Crippen LogP contribution in [0.4, 0.5) is 0 Å². The minimum absolute atomic E-state index is 0.389. The quantitative estimate of drug-likeness (QED) is 0.712. The molecule has 0 radical (unpaired) electrons. The maximum Gasteiger partial charge on any atom is 0.118 e. The van der Waals surface area contributed by atoms with Crippen LogP contribution in [-0.2, 0) is 6.42 Å². The summed E-state index contributed by atoms with van der Waals surface area (Å²) in [5.41, 5.74) is 0.999. The van der Waals surface area contributed by atoms with Crippen LogP contribution in [0.1, 0.15) is 12.5 Å². The third kappa shape index (κ3) is 2.24. The van der Waals surface area contributed by atoms with Gasteiger partial charge < -0.3 is 10.4 Å². The van der Waals surface area contributed by atoms with Crippen molar-refractivity contribution in [2.45, 2.75) is 19.4 Å². The van der Waals surface area contributed by atoms with Gasteiger partial charge in [0, 0.05) is 6.04 Å². The van der Waals surface area contributed by atoms with Crippen LogP contribution in [0.2, 0.25) is 0 Å². The molecule has 1 rings (SSSR count).